The topological polar surface area (TPSA) is 77.9 Å². The SMILES string of the molecule is COc1ccc(F)c(-c2cnc(COc3cccc(C(CC(=O)O)C4CC4)c3)cc2OCC(C)C)c1. The first-order chi connectivity index (χ1) is 17.3. The zero-order valence-corrected chi connectivity index (χ0v) is 20.9. The minimum absolute atomic E-state index is 0.00254. The molecule has 4 rings (SSSR count). The number of methoxy groups -OCH3 is 1. The van der Waals surface area contributed by atoms with E-state index in [4.69, 9.17) is 14.2 Å². The molecule has 1 atom stereocenters. The summed E-state index contributed by atoms with van der Waals surface area (Å²) >= 11 is 0. The van der Waals surface area contributed by atoms with Crippen molar-refractivity contribution in [2.45, 2.75) is 45.6 Å². The average molecular weight is 494 g/mol. The van der Waals surface area contributed by atoms with E-state index in [9.17, 15) is 14.3 Å². The highest BCUT2D eigenvalue weighted by Gasteiger charge is 2.33. The summed E-state index contributed by atoms with van der Waals surface area (Å²) in [7, 11) is 1.54. The van der Waals surface area contributed by atoms with Crippen molar-refractivity contribution in [2.24, 2.45) is 11.8 Å². The first kappa shape index (κ1) is 25.5. The van der Waals surface area contributed by atoms with Gasteiger partial charge in [-0.15, -0.1) is 0 Å². The Labute approximate surface area is 211 Å². The summed E-state index contributed by atoms with van der Waals surface area (Å²) in [6, 6.07) is 14.0. The number of carboxylic acids is 1. The summed E-state index contributed by atoms with van der Waals surface area (Å²) in [5.41, 5.74) is 2.51. The second kappa shape index (κ2) is 11.4. The van der Waals surface area contributed by atoms with E-state index >= 15 is 0 Å². The number of carboxylic acid groups (broad SMARTS) is 1. The quantitative estimate of drug-likeness (QED) is 0.311. The van der Waals surface area contributed by atoms with E-state index in [1.165, 1.54) is 13.2 Å². The van der Waals surface area contributed by atoms with E-state index in [0.717, 1.165) is 18.4 Å². The van der Waals surface area contributed by atoms with Crippen LogP contribution in [0.5, 0.6) is 17.2 Å². The van der Waals surface area contributed by atoms with Crippen LogP contribution in [-0.2, 0) is 11.4 Å². The third-order valence-corrected chi connectivity index (χ3v) is 6.22. The molecule has 190 valence electrons. The van der Waals surface area contributed by atoms with Crippen molar-refractivity contribution in [3.63, 3.8) is 0 Å². The monoisotopic (exact) mass is 493 g/mol. The summed E-state index contributed by atoms with van der Waals surface area (Å²) in [6.45, 7) is 4.75. The highest BCUT2D eigenvalue weighted by atomic mass is 19.1. The Bertz CT molecular complexity index is 1210. The summed E-state index contributed by atoms with van der Waals surface area (Å²) in [6.07, 6.45) is 3.84. The number of nitrogens with zero attached hydrogens (tertiary/aromatic N) is 1. The van der Waals surface area contributed by atoms with Crippen LogP contribution in [0.2, 0.25) is 0 Å². The smallest absolute Gasteiger partial charge is 0.303 e. The van der Waals surface area contributed by atoms with Gasteiger partial charge in [-0.05, 0) is 66.5 Å². The lowest BCUT2D eigenvalue weighted by Gasteiger charge is -2.17. The number of hydrogen-bond acceptors (Lipinski definition) is 5. The number of aliphatic carboxylic acids is 1. The molecule has 0 saturated heterocycles. The van der Waals surface area contributed by atoms with Crippen LogP contribution in [0.1, 0.15) is 50.3 Å². The molecule has 1 unspecified atom stereocenters. The normalized spacial score (nSPS) is 13.9. The van der Waals surface area contributed by atoms with Gasteiger partial charge in [-0.1, -0.05) is 26.0 Å². The Kier molecular flexibility index (Phi) is 8.08. The van der Waals surface area contributed by atoms with E-state index in [1.807, 2.05) is 38.1 Å². The van der Waals surface area contributed by atoms with Gasteiger partial charge in [0, 0.05) is 23.4 Å². The van der Waals surface area contributed by atoms with E-state index < -0.39 is 5.97 Å². The van der Waals surface area contributed by atoms with Gasteiger partial charge < -0.3 is 19.3 Å². The maximum Gasteiger partial charge on any atom is 0.303 e. The third kappa shape index (κ3) is 6.53. The van der Waals surface area contributed by atoms with Crippen LogP contribution < -0.4 is 14.2 Å². The molecule has 1 fully saturated rings. The predicted molar refractivity (Wildman–Crippen MR) is 135 cm³/mol. The van der Waals surface area contributed by atoms with Crippen molar-refractivity contribution in [3.8, 4) is 28.4 Å². The van der Waals surface area contributed by atoms with E-state index in [1.54, 1.807) is 24.4 Å². The lowest BCUT2D eigenvalue weighted by Crippen LogP contribution is -2.09. The molecule has 1 aromatic heterocycles. The number of carbonyl (C=O) groups is 1. The summed E-state index contributed by atoms with van der Waals surface area (Å²) < 4.78 is 32.0. The molecular formula is C29H32FNO5. The molecular weight excluding hydrogens is 461 g/mol. The molecule has 1 aliphatic rings. The fraction of sp³-hybridized carbons (Fsp3) is 0.379. The van der Waals surface area contributed by atoms with E-state index in [0.29, 0.717) is 46.6 Å². The van der Waals surface area contributed by atoms with Crippen LogP contribution in [0.25, 0.3) is 11.1 Å². The average Bonchev–Trinajstić information content (AvgIpc) is 3.71. The lowest BCUT2D eigenvalue weighted by molar-refractivity contribution is -0.137. The summed E-state index contributed by atoms with van der Waals surface area (Å²) in [4.78, 5) is 15.8. The van der Waals surface area contributed by atoms with Crippen LogP contribution in [0.3, 0.4) is 0 Å². The van der Waals surface area contributed by atoms with Gasteiger partial charge >= 0.3 is 5.97 Å². The molecule has 0 bridgehead atoms. The van der Waals surface area contributed by atoms with Gasteiger partial charge in [-0.3, -0.25) is 9.78 Å². The number of ether oxygens (including phenoxy) is 3. The van der Waals surface area contributed by atoms with Gasteiger partial charge in [0.1, 0.15) is 29.7 Å². The molecule has 0 radical (unpaired) electrons. The van der Waals surface area contributed by atoms with Crippen molar-refractivity contribution >= 4 is 5.97 Å². The maximum atomic E-state index is 14.7. The summed E-state index contributed by atoms with van der Waals surface area (Å²) in [5.74, 6) is 1.24. The van der Waals surface area contributed by atoms with Crippen molar-refractivity contribution in [3.05, 3.63) is 71.8 Å². The molecule has 7 heteroatoms. The molecule has 1 heterocycles. The van der Waals surface area contributed by atoms with Gasteiger partial charge in [0.15, 0.2) is 0 Å². The zero-order valence-electron chi connectivity index (χ0n) is 20.9. The van der Waals surface area contributed by atoms with Crippen LogP contribution in [-0.4, -0.2) is 29.8 Å². The lowest BCUT2D eigenvalue weighted by atomic mass is 9.91. The third-order valence-electron chi connectivity index (χ3n) is 6.22. The van der Waals surface area contributed by atoms with Crippen LogP contribution in [0.4, 0.5) is 4.39 Å². The van der Waals surface area contributed by atoms with Crippen molar-refractivity contribution in [1.82, 2.24) is 4.98 Å². The van der Waals surface area contributed by atoms with Crippen LogP contribution in [0.15, 0.2) is 54.7 Å². The molecule has 0 spiro atoms. The van der Waals surface area contributed by atoms with Gasteiger partial charge in [0.05, 0.1) is 25.8 Å². The Morgan fingerprint density at radius 1 is 1.08 bits per heavy atom. The van der Waals surface area contributed by atoms with Crippen molar-refractivity contribution in [1.29, 1.82) is 0 Å². The molecule has 1 aliphatic carbocycles. The van der Waals surface area contributed by atoms with Gasteiger partial charge in [0.2, 0.25) is 0 Å². The molecule has 36 heavy (non-hydrogen) atoms. The Morgan fingerprint density at radius 3 is 2.58 bits per heavy atom. The number of hydrogen-bond donors (Lipinski definition) is 1. The number of rotatable bonds is 12. The molecule has 1 N–H and O–H groups in total. The predicted octanol–water partition coefficient (Wildman–Crippen LogP) is 6.48. The van der Waals surface area contributed by atoms with Crippen molar-refractivity contribution < 1.29 is 28.5 Å². The highest BCUT2D eigenvalue weighted by Crippen LogP contribution is 2.45. The minimum atomic E-state index is -0.788. The van der Waals surface area contributed by atoms with Gasteiger partial charge in [-0.2, -0.15) is 0 Å². The largest absolute Gasteiger partial charge is 0.497 e. The number of pyridine rings is 1. The summed E-state index contributed by atoms with van der Waals surface area (Å²) in [5, 5.41) is 9.32. The Hall–Kier alpha value is -3.61. The van der Waals surface area contributed by atoms with E-state index in [2.05, 4.69) is 4.98 Å². The first-order valence-corrected chi connectivity index (χ1v) is 12.2. The van der Waals surface area contributed by atoms with Crippen molar-refractivity contribution in [2.75, 3.05) is 13.7 Å². The number of benzene rings is 2. The second-order valence-electron chi connectivity index (χ2n) is 9.63. The Balaban J connectivity index is 1.55. The fourth-order valence-electron chi connectivity index (χ4n) is 4.21. The second-order valence-corrected chi connectivity index (χ2v) is 9.63. The van der Waals surface area contributed by atoms with E-state index in [-0.39, 0.29) is 30.7 Å². The molecule has 2 aromatic carbocycles. The van der Waals surface area contributed by atoms with Crippen LogP contribution >= 0.6 is 0 Å². The molecule has 3 aromatic rings. The highest BCUT2D eigenvalue weighted by molar-refractivity contribution is 5.71. The molecule has 0 amide bonds. The maximum absolute atomic E-state index is 14.7. The Morgan fingerprint density at radius 2 is 1.89 bits per heavy atom. The van der Waals surface area contributed by atoms with Gasteiger partial charge in [0.25, 0.3) is 0 Å². The molecule has 0 aliphatic heterocycles. The number of aromatic nitrogens is 1. The molecule has 6 nitrogen and oxygen atoms in total. The number of halogens is 1. The molecule has 1 saturated carbocycles. The first-order valence-electron chi connectivity index (χ1n) is 12.2. The minimum Gasteiger partial charge on any atom is -0.497 e. The fourth-order valence-corrected chi connectivity index (χ4v) is 4.21. The van der Waals surface area contributed by atoms with Crippen LogP contribution in [0, 0.1) is 17.7 Å². The standard InChI is InChI=1S/C29H32FNO5/c1-18(2)16-36-28-12-21(31-15-26(28)25-13-22(34-3)9-10-27(25)30)17-35-23-6-4-5-20(11-23)24(14-29(32)33)19-7-8-19/h4-6,9-13,15,18-19,24H,7-8,14,16-17H2,1-3H3,(H,32,33). The zero-order chi connectivity index (χ0) is 25.7. The van der Waals surface area contributed by atoms with Gasteiger partial charge in [-0.25, -0.2) is 4.39 Å².